The minimum absolute atomic E-state index is 0.0200. The van der Waals surface area contributed by atoms with E-state index in [2.05, 4.69) is 5.32 Å². The molecule has 0 spiro atoms. The van der Waals surface area contributed by atoms with Crippen molar-refractivity contribution in [2.75, 3.05) is 6.54 Å². The summed E-state index contributed by atoms with van der Waals surface area (Å²) in [5, 5.41) is 13.3. The molecular formula is C11H15N3O3. The molecule has 0 bridgehead atoms. The molecule has 0 saturated carbocycles. The summed E-state index contributed by atoms with van der Waals surface area (Å²) >= 11 is 0. The summed E-state index contributed by atoms with van der Waals surface area (Å²) in [5.41, 5.74) is 5.80. The molecule has 0 unspecified atom stereocenters. The Bertz CT molecular complexity index is 407. The van der Waals surface area contributed by atoms with E-state index in [-0.39, 0.29) is 18.1 Å². The summed E-state index contributed by atoms with van der Waals surface area (Å²) in [6, 6.07) is 6.34. The average Bonchev–Trinajstić information content (AvgIpc) is 2.34. The maximum Gasteiger partial charge on any atom is 0.274 e. The molecule has 0 aliphatic heterocycles. The summed E-state index contributed by atoms with van der Waals surface area (Å²) in [4.78, 5) is 21.6. The number of benzene rings is 1. The van der Waals surface area contributed by atoms with Gasteiger partial charge in [0.2, 0.25) is 5.91 Å². The van der Waals surface area contributed by atoms with Crippen molar-refractivity contribution in [3.05, 3.63) is 39.9 Å². The summed E-state index contributed by atoms with van der Waals surface area (Å²) < 4.78 is 0. The summed E-state index contributed by atoms with van der Waals surface area (Å²) in [5.74, 6) is -0.145. The summed E-state index contributed by atoms with van der Waals surface area (Å²) in [7, 11) is 0. The highest BCUT2D eigenvalue weighted by Crippen LogP contribution is 2.16. The number of nitro benzene ring substituents is 1. The van der Waals surface area contributed by atoms with Gasteiger partial charge in [0.25, 0.3) is 5.69 Å². The second-order valence-electron chi connectivity index (χ2n) is 3.55. The molecule has 0 atom stereocenters. The predicted molar refractivity (Wildman–Crippen MR) is 63.2 cm³/mol. The minimum Gasteiger partial charge on any atom is -0.352 e. The van der Waals surface area contributed by atoms with Crippen molar-refractivity contribution >= 4 is 11.6 Å². The van der Waals surface area contributed by atoms with Gasteiger partial charge in [-0.1, -0.05) is 18.2 Å². The highest BCUT2D eigenvalue weighted by molar-refractivity contribution is 5.75. The smallest absolute Gasteiger partial charge is 0.274 e. The number of amides is 1. The van der Waals surface area contributed by atoms with Crippen molar-refractivity contribution in [1.82, 2.24) is 5.32 Å². The molecule has 1 rings (SSSR count). The number of nitrogens with zero attached hydrogens (tertiary/aromatic N) is 1. The van der Waals surface area contributed by atoms with Crippen LogP contribution in [0.2, 0.25) is 0 Å². The van der Waals surface area contributed by atoms with Crippen LogP contribution in [0, 0.1) is 10.1 Å². The number of hydrogen-bond acceptors (Lipinski definition) is 4. The fourth-order valence-electron chi connectivity index (χ4n) is 1.38. The Morgan fingerprint density at radius 2 is 2.12 bits per heavy atom. The molecule has 6 heteroatoms. The molecule has 0 aliphatic carbocycles. The Morgan fingerprint density at radius 3 is 2.76 bits per heavy atom. The van der Waals surface area contributed by atoms with Crippen LogP contribution in [0.5, 0.6) is 0 Å². The number of carbonyl (C=O) groups is 1. The predicted octanol–water partition coefficient (Wildman–Crippen LogP) is 0.950. The Balaban J connectivity index is 2.57. The molecule has 3 N–H and O–H groups in total. The molecule has 92 valence electrons. The summed E-state index contributed by atoms with van der Waals surface area (Å²) in [6.07, 6.45) is 0.958. The second kappa shape index (κ2) is 6.59. The van der Waals surface area contributed by atoms with E-state index in [0.717, 1.165) is 0 Å². The topological polar surface area (TPSA) is 98.3 Å². The van der Waals surface area contributed by atoms with Crippen LogP contribution in [0.4, 0.5) is 5.69 Å². The fourth-order valence-corrected chi connectivity index (χ4v) is 1.38. The van der Waals surface area contributed by atoms with E-state index < -0.39 is 4.92 Å². The largest absolute Gasteiger partial charge is 0.352 e. The van der Waals surface area contributed by atoms with E-state index in [4.69, 9.17) is 5.73 Å². The van der Waals surface area contributed by atoms with Crippen LogP contribution < -0.4 is 11.1 Å². The van der Waals surface area contributed by atoms with E-state index >= 15 is 0 Å². The number of para-hydroxylation sites is 1. The highest BCUT2D eigenvalue weighted by atomic mass is 16.6. The molecule has 0 heterocycles. The Kier molecular flexibility index (Phi) is 5.09. The lowest BCUT2D eigenvalue weighted by molar-refractivity contribution is -0.385. The molecule has 0 aliphatic rings. The first-order valence-corrected chi connectivity index (χ1v) is 5.34. The lowest BCUT2D eigenvalue weighted by atomic mass is 10.2. The average molecular weight is 237 g/mol. The van der Waals surface area contributed by atoms with Gasteiger partial charge >= 0.3 is 0 Å². The van der Waals surface area contributed by atoms with Gasteiger partial charge in [0, 0.05) is 24.6 Å². The van der Waals surface area contributed by atoms with Crippen LogP contribution in [-0.2, 0) is 11.3 Å². The maximum atomic E-state index is 11.3. The Morgan fingerprint density at radius 1 is 1.41 bits per heavy atom. The maximum absolute atomic E-state index is 11.3. The Labute approximate surface area is 99.0 Å². The molecular weight excluding hydrogens is 222 g/mol. The quantitative estimate of drug-likeness (QED) is 0.568. The van der Waals surface area contributed by atoms with Gasteiger partial charge in [0.05, 0.1) is 4.92 Å². The highest BCUT2D eigenvalue weighted by Gasteiger charge is 2.12. The van der Waals surface area contributed by atoms with E-state index in [1.807, 2.05) is 0 Å². The van der Waals surface area contributed by atoms with Crippen molar-refractivity contribution in [3.8, 4) is 0 Å². The third-order valence-electron chi connectivity index (χ3n) is 2.27. The zero-order valence-electron chi connectivity index (χ0n) is 9.39. The van der Waals surface area contributed by atoms with Crippen molar-refractivity contribution in [1.29, 1.82) is 0 Å². The first-order chi connectivity index (χ1) is 8.15. The molecule has 1 aromatic rings. The molecule has 0 fully saturated rings. The number of nitrogens with one attached hydrogen (secondary N) is 1. The molecule has 6 nitrogen and oxygen atoms in total. The van der Waals surface area contributed by atoms with Gasteiger partial charge in [-0.15, -0.1) is 0 Å². The molecule has 1 aromatic carbocycles. The van der Waals surface area contributed by atoms with Crippen LogP contribution in [0.25, 0.3) is 0 Å². The van der Waals surface area contributed by atoms with Crippen molar-refractivity contribution in [2.45, 2.75) is 19.4 Å². The van der Waals surface area contributed by atoms with Crippen LogP contribution in [0.3, 0.4) is 0 Å². The number of carbonyl (C=O) groups excluding carboxylic acids is 1. The third kappa shape index (κ3) is 4.20. The molecule has 0 radical (unpaired) electrons. The van der Waals surface area contributed by atoms with Gasteiger partial charge in [-0.05, 0) is 13.0 Å². The van der Waals surface area contributed by atoms with Crippen molar-refractivity contribution in [3.63, 3.8) is 0 Å². The van der Waals surface area contributed by atoms with Crippen molar-refractivity contribution < 1.29 is 9.72 Å². The first-order valence-electron chi connectivity index (χ1n) is 5.34. The van der Waals surface area contributed by atoms with Gasteiger partial charge < -0.3 is 11.1 Å². The second-order valence-corrected chi connectivity index (χ2v) is 3.55. The van der Waals surface area contributed by atoms with Gasteiger partial charge in [0.1, 0.15) is 0 Å². The lowest BCUT2D eigenvalue weighted by Gasteiger charge is -2.05. The number of nitro groups is 1. The zero-order chi connectivity index (χ0) is 12.7. The SMILES string of the molecule is NCCCC(=O)NCc1ccccc1[N+](=O)[O-]. The van der Waals surface area contributed by atoms with E-state index in [9.17, 15) is 14.9 Å². The number of hydrogen-bond donors (Lipinski definition) is 2. The van der Waals surface area contributed by atoms with Crippen molar-refractivity contribution in [2.24, 2.45) is 5.73 Å². The monoisotopic (exact) mass is 237 g/mol. The first kappa shape index (κ1) is 13.1. The zero-order valence-corrected chi connectivity index (χ0v) is 9.39. The fraction of sp³-hybridized carbons (Fsp3) is 0.364. The van der Waals surface area contributed by atoms with Gasteiger partial charge in [-0.2, -0.15) is 0 Å². The van der Waals surface area contributed by atoms with E-state index in [1.54, 1.807) is 18.2 Å². The van der Waals surface area contributed by atoms with Crippen LogP contribution in [0.15, 0.2) is 24.3 Å². The van der Waals surface area contributed by atoms with Gasteiger partial charge in [0.15, 0.2) is 0 Å². The lowest BCUT2D eigenvalue weighted by Crippen LogP contribution is -2.23. The van der Waals surface area contributed by atoms with E-state index in [1.165, 1.54) is 6.07 Å². The molecule has 0 aromatic heterocycles. The number of rotatable bonds is 6. The molecule has 0 saturated heterocycles. The number of nitrogens with two attached hydrogens (primary N) is 1. The normalized spacial score (nSPS) is 9.94. The third-order valence-corrected chi connectivity index (χ3v) is 2.27. The van der Waals surface area contributed by atoms with Crippen LogP contribution in [-0.4, -0.2) is 17.4 Å². The standard InChI is InChI=1S/C11H15N3O3/c12-7-3-6-11(15)13-8-9-4-1-2-5-10(9)14(16)17/h1-2,4-5H,3,6-8,12H2,(H,13,15). The van der Waals surface area contributed by atoms with Gasteiger partial charge in [-0.25, -0.2) is 0 Å². The minimum atomic E-state index is -0.457. The molecule has 17 heavy (non-hydrogen) atoms. The van der Waals surface area contributed by atoms with E-state index in [0.29, 0.717) is 24.9 Å². The summed E-state index contributed by atoms with van der Waals surface area (Å²) in [6.45, 7) is 0.624. The van der Waals surface area contributed by atoms with Crippen LogP contribution >= 0.6 is 0 Å². The van der Waals surface area contributed by atoms with Gasteiger partial charge in [-0.3, -0.25) is 14.9 Å². The van der Waals surface area contributed by atoms with Crippen LogP contribution in [0.1, 0.15) is 18.4 Å². The Hall–Kier alpha value is -1.95. The molecule has 1 amide bonds.